The van der Waals surface area contributed by atoms with Gasteiger partial charge in [0.2, 0.25) is 0 Å². The molecule has 0 aliphatic carbocycles. The molecule has 3 aromatic heterocycles. The van der Waals surface area contributed by atoms with Gasteiger partial charge in [0.1, 0.15) is 5.82 Å². The van der Waals surface area contributed by atoms with E-state index in [1.54, 1.807) is 0 Å². The molecule has 3 aromatic carbocycles. The predicted octanol–water partition coefficient (Wildman–Crippen LogP) is 9.50. The van der Waals surface area contributed by atoms with Crippen molar-refractivity contribution in [3.8, 4) is 28.3 Å². The second-order valence-electron chi connectivity index (χ2n) is 12.5. The lowest BCUT2D eigenvalue weighted by molar-refractivity contribution is 0.590. The van der Waals surface area contributed by atoms with E-state index in [0.717, 1.165) is 28.3 Å². The summed E-state index contributed by atoms with van der Waals surface area (Å²) in [4.78, 5) is 9.74. The van der Waals surface area contributed by atoms with Crippen molar-refractivity contribution in [1.82, 2.24) is 14.5 Å². The fourth-order valence-electron chi connectivity index (χ4n) is 5.28. The summed E-state index contributed by atoms with van der Waals surface area (Å²) < 4.78 is 2.32. The Hall–Kier alpha value is -4.24. The van der Waals surface area contributed by atoms with Crippen LogP contribution in [0.3, 0.4) is 0 Å². The lowest BCUT2D eigenvalue weighted by atomic mass is 9.85. The van der Waals surface area contributed by atoms with Gasteiger partial charge in [-0.2, -0.15) is 0 Å². The van der Waals surface area contributed by atoms with Crippen LogP contribution >= 0.6 is 0 Å². The minimum absolute atomic E-state index is 0.0705. The topological polar surface area (TPSA) is 30.7 Å². The van der Waals surface area contributed by atoms with Crippen LogP contribution in [0, 0.1) is 0 Å². The third-order valence-electron chi connectivity index (χ3n) is 7.58. The highest BCUT2D eigenvalue weighted by molar-refractivity contribution is 6.09. The van der Waals surface area contributed by atoms with E-state index in [2.05, 4.69) is 130 Å². The van der Waals surface area contributed by atoms with Gasteiger partial charge < -0.3 is 0 Å². The van der Waals surface area contributed by atoms with Crippen molar-refractivity contribution in [2.75, 3.05) is 0 Å². The Labute approximate surface area is 231 Å². The molecule has 3 heterocycles. The van der Waals surface area contributed by atoms with Gasteiger partial charge in [-0.3, -0.25) is 9.55 Å². The Balaban J connectivity index is 1.55. The number of pyridine rings is 2. The molecule has 0 saturated heterocycles. The Morgan fingerprint density at radius 3 is 1.67 bits per heavy atom. The third-order valence-corrected chi connectivity index (χ3v) is 7.58. The SMILES string of the molecule is CC(C)(C)c1ccc2c(c1)c1cc(C(C)(C)C)ccc1n2-c1cccc(-c2cccc(-c3ccccn3)c2)n1. The molecule has 39 heavy (non-hydrogen) atoms. The van der Waals surface area contributed by atoms with Crippen molar-refractivity contribution in [2.45, 2.75) is 52.4 Å². The molecular formula is C36H35N3. The first-order valence-electron chi connectivity index (χ1n) is 13.7. The highest BCUT2D eigenvalue weighted by atomic mass is 15.1. The van der Waals surface area contributed by atoms with E-state index in [4.69, 9.17) is 4.98 Å². The minimum Gasteiger partial charge on any atom is -0.294 e. The summed E-state index contributed by atoms with van der Waals surface area (Å²) in [5.41, 5.74) is 9.23. The van der Waals surface area contributed by atoms with Gasteiger partial charge in [0.05, 0.1) is 22.4 Å². The Morgan fingerprint density at radius 1 is 0.538 bits per heavy atom. The molecule has 0 spiro atoms. The smallest absolute Gasteiger partial charge is 0.138 e. The minimum atomic E-state index is 0.0705. The number of nitrogens with zero attached hydrogens (tertiary/aromatic N) is 3. The number of hydrogen-bond acceptors (Lipinski definition) is 2. The second-order valence-corrected chi connectivity index (χ2v) is 12.5. The van der Waals surface area contributed by atoms with Crippen LogP contribution in [-0.4, -0.2) is 14.5 Å². The van der Waals surface area contributed by atoms with E-state index in [1.165, 1.54) is 32.9 Å². The number of benzene rings is 3. The van der Waals surface area contributed by atoms with E-state index in [0.29, 0.717) is 0 Å². The number of aromatic nitrogens is 3. The molecule has 194 valence electrons. The molecule has 0 bridgehead atoms. The first-order valence-corrected chi connectivity index (χ1v) is 13.7. The molecule has 0 fully saturated rings. The van der Waals surface area contributed by atoms with Gasteiger partial charge in [-0.1, -0.05) is 84.0 Å². The third kappa shape index (κ3) is 4.63. The molecule has 0 saturated carbocycles. The lowest BCUT2D eigenvalue weighted by Gasteiger charge is -2.19. The van der Waals surface area contributed by atoms with E-state index in [9.17, 15) is 0 Å². The van der Waals surface area contributed by atoms with Gasteiger partial charge in [-0.25, -0.2) is 4.98 Å². The summed E-state index contributed by atoms with van der Waals surface area (Å²) in [6.45, 7) is 13.7. The van der Waals surface area contributed by atoms with Crippen LogP contribution in [0.1, 0.15) is 52.7 Å². The van der Waals surface area contributed by atoms with Crippen LogP contribution in [0.15, 0.2) is 103 Å². The van der Waals surface area contributed by atoms with Crippen molar-refractivity contribution < 1.29 is 0 Å². The molecule has 6 aromatic rings. The maximum absolute atomic E-state index is 5.21. The second kappa shape index (κ2) is 9.20. The average molecular weight is 510 g/mol. The molecule has 0 amide bonds. The number of hydrogen-bond donors (Lipinski definition) is 0. The highest BCUT2D eigenvalue weighted by Gasteiger charge is 2.21. The summed E-state index contributed by atoms with van der Waals surface area (Å²) in [5.74, 6) is 0.919. The van der Waals surface area contributed by atoms with E-state index in [1.807, 2.05) is 24.4 Å². The van der Waals surface area contributed by atoms with Crippen molar-refractivity contribution in [3.05, 3.63) is 114 Å². The Bertz CT molecular complexity index is 1740. The average Bonchev–Trinajstić information content (AvgIpc) is 3.26. The quantitative estimate of drug-likeness (QED) is 0.238. The summed E-state index contributed by atoms with van der Waals surface area (Å²) in [5, 5.41) is 2.54. The van der Waals surface area contributed by atoms with Crippen LogP contribution in [-0.2, 0) is 10.8 Å². The van der Waals surface area contributed by atoms with Crippen LogP contribution in [0.2, 0.25) is 0 Å². The summed E-state index contributed by atoms with van der Waals surface area (Å²) in [6.07, 6.45) is 1.83. The lowest BCUT2D eigenvalue weighted by Crippen LogP contribution is -2.10. The van der Waals surface area contributed by atoms with E-state index >= 15 is 0 Å². The van der Waals surface area contributed by atoms with Gasteiger partial charge in [-0.05, 0) is 76.6 Å². The largest absolute Gasteiger partial charge is 0.294 e. The molecule has 3 heteroatoms. The normalized spacial score (nSPS) is 12.4. The Morgan fingerprint density at radius 2 is 1.10 bits per heavy atom. The van der Waals surface area contributed by atoms with Crippen LogP contribution in [0.4, 0.5) is 0 Å². The summed E-state index contributed by atoms with van der Waals surface area (Å²) in [7, 11) is 0. The first-order chi connectivity index (χ1) is 18.6. The zero-order valence-electron chi connectivity index (χ0n) is 23.7. The van der Waals surface area contributed by atoms with Gasteiger partial charge >= 0.3 is 0 Å². The Kier molecular flexibility index (Phi) is 5.91. The van der Waals surface area contributed by atoms with Crippen LogP contribution in [0.25, 0.3) is 50.1 Å². The predicted molar refractivity (Wildman–Crippen MR) is 165 cm³/mol. The van der Waals surface area contributed by atoms with Gasteiger partial charge in [-0.15, -0.1) is 0 Å². The molecule has 3 nitrogen and oxygen atoms in total. The zero-order chi connectivity index (χ0) is 27.4. The first kappa shape index (κ1) is 25.1. The molecule has 0 aliphatic heterocycles. The fraction of sp³-hybridized carbons (Fsp3) is 0.222. The molecule has 0 radical (unpaired) electrons. The maximum atomic E-state index is 5.21. The van der Waals surface area contributed by atoms with Crippen molar-refractivity contribution in [3.63, 3.8) is 0 Å². The fourth-order valence-corrected chi connectivity index (χ4v) is 5.28. The zero-order valence-corrected chi connectivity index (χ0v) is 23.7. The molecular weight excluding hydrogens is 474 g/mol. The molecule has 0 unspecified atom stereocenters. The number of rotatable bonds is 3. The summed E-state index contributed by atoms with van der Waals surface area (Å²) >= 11 is 0. The van der Waals surface area contributed by atoms with Crippen molar-refractivity contribution in [2.24, 2.45) is 0 Å². The molecule has 0 atom stereocenters. The van der Waals surface area contributed by atoms with Crippen molar-refractivity contribution in [1.29, 1.82) is 0 Å². The van der Waals surface area contributed by atoms with Crippen molar-refractivity contribution >= 4 is 21.8 Å². The molecule has 0 aliphatic rings. The number of fused-ring (bicyclic) bond motifs is 3. The monoisotopic (exact) mass is 509 g/mol. The highest BCUT2D eigenvalue weighted by Crippen LogP contribution is 2.37. The maximum Gasteiger partial charge on any atom is 0.138 e. The van der Waals surface area contributed by atoms with E-state index in [-0.39, 0.29) is 10.8 Å². The summed E-state index contributed by atoms with van der Waals surface area (Å²) in [6, 6.07) is 34.6. The standard InChI is InChI=1S/C36H35N3/c1-35(2,3)26-16-18-32-28(22-26)29-23-27(36(4,5)6)17-19-33(29)39(32)34-15-10-14-31(38-34)25-12-9-11-24(21-25)30-13-7-8-20-37-30/h7-23H,1-6H3. The van der Waals surface area contributed by atoms with Gasteiger partial charge in [0.25, 0.3) is 0 Å². The van der Waals surface area contributed by atoms with Crippen LogP contribution < -0.4 is 0 Å². The molecule has 0 N–H and O–H groups in total. The molecule has 6 rings (SSSR count). The van der Waals surface area contributed by atoms with Gasteiger partial charge in [0.15, 0.2) is 0 Å². The van der Waals surface area contributed by atoms with Crippen LogP contribution in [0.5, 0.6) is 0 Å². The van der Waals surface area contributed by atoms with E-state index < -0.39 is 0 Å². The van der Waals surface area contributed by atoms with Gasteiger partial charge in [0, 0.05) is 28.1 Å².